The van der Waals surface area contributed by atoms with Crippen molar-refractivity contribution >= 4 is 55.6 Å². The smallest absolute Gasteiger partial charge is 0.372 e. The first kappa shape index (κ1) is 29.4. The summed E-state index contributed by atoms with van der Waals surface area (Å²) in [5, 5.41) is 9.94. The van der Waals surface area contributed by atoms with E-state index in [9.17, 15) is 23.1 Å². The Bertz CT molecular complexity index is 1910. The zero-order valence-electron chi connectivity index (χ0n) is 23.9. The molecule has 1 aliphatic heterocycles. The van der Waals surface area contributed by atoms with Crippen LogP contribution in [0.2, 0.25) is 0 Å². The zero-order valence-corrected chi connectivity index (χ0v) is 25.6. The van der Waals surface area contributed by atoms with Crippen LogP contribution in [0.3, 0.4) is 0 Å². The Labute approximate surface area is 258 Å². The summed E-state index contributed by atoms with van der Waals surface area (Å²) in [7, 11) is -4.11. The molecule has 0 aliphatic carbocycles. The van der Waals surface area contributed by atoms with E-state index in [1.807, 2.05) is 48.5 Å². The van der Waals surface area contributed by atoms with Gasteiger partial charge in [-0.15, -0.1) is 11.3 Å². The van der Waals surface area contributed by atoms with E-state index in [-0.39, 0.29) is 23.1 Å². The van der Waals surface area contributed by atoms with Gasteiger partial charge in [-0.1, -0.05) is 42.5 Å². The summed E-state index contributed by atoms with van der Waals surface area (Å²) in [6.45, 7) is 3.83. The monoisotopic (exact) mass is 630 g/mol. The van der Waals surface area contributed by atoms with E-state index < -0.39 is 16.0 Å². The summed E-state index contributed by atoms with van der Waals surface area (Å²) >= 11 is 1.31. The van der Waals surface area contributed by atoms with Crippen LogP contribution in [0, 0.1) is 6.92 Å². The van der Waals surface area contributed by atoms with Gasteiger partial charge in [0.1, 0.15) is 10.5 Å². The number of aromatic carboxylic acids is 1. The molecular formula is C32H30N4O6S2. The van der Waals surface area contributed by atoms with Gasteiger partial charge in [-0.05, 0) is 49.2 Å². The van der Waals surface area contributed by atoms with Gasteiger partial charge in [-0.2, -0.15) is 0 Å². The molecule has 12 heteroatoms. The van der Waals surface area contributed by atoms with E-state index in [0.29, 0.717) is 59.7 Å². The molecule has 1 fully saturated rings. The molecule has 1 aliphatic rings. The molecule has 44 heavy (non-hydrogen) atoms. The normalized spacial score (nSPS) is 13.8. The number of rotatable bonds is 9. The van der Waals surface area contributed by atoms with Crippen LogP contribution in [0.4, 0.5) is 11.4 Å². The molecule has 0 unspecified atom stereocenters. The zero-order chi connectivity index (χ0) is 30.8. The Balaban J connectivity index is 1.35. The number of aromatic nitrogens is 1. The molecule has 5 aromatic rings. The lowest BCUT2D eigenvalue weighted by atomic mass is 10.1. The van der Waals surface area contributed by atoms with Gasteiger partial charge in [0.2, 0.25) is 5.76 Å². The number of furan rings is 1. The summed E-state index contributed by atoms with van der Waals surface area (Å²) in [6.07, 6.45) is 2.05. The number of carboxylic acid groups (broad SMARTS) is 1. The van der Waals surface area contributed by atoms with Crippen LogP contribution in [-0.2, 0) is 16.4 Å². The Morgan fingerprint density at radius 3 is 2.43 bits per heavy atom. The number of benzene rings is 3. The van der Waals surface area contributed by atoms with Gasteiger partial charge in [-0.3, -0.25) is 14.1 Å². The van der Waals surface area contributed by atoms with Crippen LogP contribution >= 0.6 is 11.3 Å². The van der Waals surface area contributed by atoms with E-state index in [0.717, 1.165) is 11.3 Å². The number of anilines is 2. The molecule has 1 amide bonds. The molecule has 6 rings (SSSR count). The molecule has 3 heterocycles. The van der Waals surface area contributed by atoms with Crippen molar-refractivity contribution in [1.82, 2.24) is 9.88 Å². The first-order valence-electron chi connectivity index (χ1n) is 14.1. The van der Waals surface area contributed by atoms with E-state index in [4.69, 9.17) is 4.42 Å². The number of nitrogens with zero attached hydrogens (tertiary/aromatic N) is 4. The second-order valence-corrected chi connectivity index (χ2v) is 13.2. The van der Waals surface area contributed by atoms with Crippen molar-refractivity contribution in [3.8, 4) is 0 Å². The van der Waals surface area contributed by atoms with Crippen molar-refractivity contribution in [2.45, 2.75) is 18.2 Å². The maximum absolute atomic E-state index is 14.5. The third-order valence-corrected chi connectivity index (χ3v) is 10.4. The quantitative estimate of drug-likeness (QED) is 0.233. The number of hydrogen-bond donors (Lipinski definition) is 1. The van der Waals surface area contributed by atoms with Crippen molar-refractivity contribution < 1.29 is 27.5 Å². The Hall–Kier alpha value is -4.68. The third kappa shape index (κ3) is 5.65. The highest BCUT2D eigenvalue weighted by Crippen LogP contribution is 2.36. The standard InChI is InChI=1S/C32H30N4O6S2/c1-22-25-19-24(11-12-28(25)42-30(22)32(38)39)44(40,41)36(14-13-23-7-3-2-4-8-23)27-10-6-5-9-26(27)34-15-17-35(18-16-34)31(37)29-20-33-21-43-29/h2-12,19-21H,13-18H2,1H3,(H,38,39). The van der Waals surface area contributed by atoms with Crippen molar-refractivity contribution in [3.05, 3.63) is 106 Å². The van der Waals surface area contributed by atoms with Crippen molar-refractivity contribution in [2.24, 2.45) is 0 Å². The molecule has 3 aromatic carbocycles. The van der Waals surface area contributed by atoms with Crippen LogP contribution in [0.25, 0.3) is 11.0 Å². The average Bonchev–Trinajstić information content (AvgIpc) is 3.70. The summed E-state index contributed by atoms with van der Waals surface area (Å²) in [6, 6.07) is 21.5. The number of carbonyl (C=O) groups excluding carboxylic acids is 1. The average molecular weight is 631 g/mol. The fraction of sp³-hybridized carbons (Fsp3) is 0.219. The lowest BCUT2D eigenvalue weighted by Crippen LogP contribution is -2.49. The first-order valence-corrected chi connectivity index (χ1v) is 16.4. The van der Waals surface area contributed by atoms with E-state index in [2.05, 4.69) is 9.88 Å². The molecule has 0 atom stereocenters. The minimum atomic E-state index is -4.11. The van der Waals surface area contributed by atoms with Crippen molar-refractivity contribution in [3.63, 3.8) is 0 Å². The minimum absolute atomic E-state index is 0.0358. The highest BCUT2D eigenvalue weighted by atomic mass is 32.2. The molecular weight excluding hydrogens is 601 g/mol. The molecule has 1 saturated heterocycles. The van der Waals surface area contributed by atoms with Gasteiger partial charge in [0.05, 0.1) is 28.0 Å². The second-order valence-electron chi connectivity index (χ2n) is 10.5. The van der Waals surface area contributed by atoms with Crippen molar-refractivity contribution in [2.75, 3.05) is 41.9 Å². The van der Waals surface area contributed by atoms with Crippen molar-refractivity contribution in [1.29, 1.82) is 0 Å². The number of fused-ring (bicyclic) bond motifs is 1. The second kappa shape index (κ2) is 12.1. The van der Waals surface area contributed by atoms with Gasteiger partial charge in [0.15, 0.2) is 0 Å². The molecule has 10 nitrogen and oxygen atoms in total. The Morgan fingerprint density at radius 1 is 1.00 bits per heavy atom. The van der Waals surface area contributed by atoms with E-state index in [1.54, 1.807) is 29.6 Å². The van der Waals surface area contributed by atoms with Crippen LogP contribution in [0.1, 0.15) is 31.4 Å². The van der Waals surface area contributed by atoms with Gasteiger partial charge in [0, 0.05) is 43.7 Å². The predicted molar refractivity (Wildman–Crippen MR) is 169 cm³/mol. The summed E-state index contributed by atoms with van der Waals surface area (Å²) in [5.74, 6) is -1.48. The fourth-order valence-electron chi connectivity index (χ4n) is 5.51. The lowest BCUT2D eigenvalue weighted by molar-refractivity contribution is 0.0663. The molecule has 0 radical (unpaired) electrons. The lowest BCUT2D eigenvalue weighted by Gasteiger charge is -2.38. The molecule has 2 aromatic heterocycles. The van der Waals surface area contributed by atoms with E-state index in [1.165, 1.54) is 33.8 Å². The highest BCUT2D eigenvalue weighted by molar-refractivity contribution is 7.92. The number of thiazole rings is 1. The molecule has 0 spiro atoms. The van der Waals surface area contributed by atoms with Gasteiger partial charge >= 0.3 is 5.97 Å². The Morgan fingerprint density at radius 2 is 1.73 bits per heavy atom. The highest BCUT2D eigenvalue weighted by Gasteiger charge is 2.31. The SMILES string of the molecule is Cc1c(C(=O)O)oc2ccc(S(=O)(=O)N(CCc3ccccc3)c3ccccc3N3CCN(C(=O)c4cncs4)CC3)cc12. The fourth-order valence-corrected chi connectivity index (χ4v) is 7.60. The maximum atomic E-state index is 14.5. The van der Waals surface area contributed by atoms with Gasteiger partial charge in [-0.25, -0.2) is 13.2 Å². The molecule has 0 saturated carbocycles. The number of carboxylic acids is 1. The molecule has 0 bridgehead atoms. The third-order valence-electron chi connectivity index (χ3n) is 7.84. The number of piperazine rings is 1. The molecule has 226 valence electrons. The summed E-state index contributed by atoms with van der Waals surface area (Å²) in [5.41, 5.74) is 4.59. The Kier molecular flexibility index (Phi) is 8.11. The summed E-state index contributed by atoms with van der Waals surface area (Å²) < 4.78 is 35.8. The first-order chi connectivity index (χ1) is 21.2. The van der Waals surface area contributed by atoms with Crippen LogP contribution < -0.4 is 9.21 Å². The minimum Gasteiger partial charge on any atom is -0.475 e. The van der Waals surface area contributed by atoms with E-state index >= 15 is 0 Å². The predicted octanol–water partition coefficient (Wildman–Crippen LogP) is 5.30. The number of para-hydroxylation sites is 2. The van der Waals surface area contributed by atoms with Gasteiger partial charge < -0.3 is 19.3 Å². The molecule has 1 N–H and O–H groups in total. The largest absolute Gasteiger partial charge is 0.475 e. The van der Waals surface area contributed by atoms with Crippen LogP contribution in [0.5, 0.6) is 0 Å². The topological polar surface area (TPSA) is 124 Å². The van der Waals surface area contributed by atoms with Crippen LogP contribution in [-0.4, -0.2) is 68.0 Å². The maximum Gasteiger partial charge on any atom is 0.372 e. The number of aryl methyl sites for hydroxylation is 1. The van der Waals surface area contributed by atoms with Gasteiger partial charge in [0.25, 0.3) is 15.9 Å². The number of sulfonamides is 1. The number of amides is 1. The van der Waals surface area contributed by atoms with Crippen LogP contribution in [0.15, 0.2) is 93.8 Å². The summed E-state index contributed by atoms with van der Waals surface area (Å²) in [4.78, 5) is 33.1. The number of hydrogen-bond acceptors (Lipinski definition) is 8. The number of carbonyl (C=O) groups is 2.